The van der Waals surface area contributed by atoms with Crippen molar-refractivity contribution in [3.8, 4) is 0 Å². The van der Waals surface area contributed by atoms with Gasteiger partial charge in [0.25, 0.3) is 5.69 Å². The molecule has 1 aromatic heterocycles. The summed E-state index contributed by atoms with van der Waals surface area (Å²) >= 11 is 0. The average Bonchev–Trinajstić information content (AvgIpc) is 3.45. The standard InChI is InChI=1S/C13H9NO3.C9H10O4.C2H3N3/c15-13(10-4-2-1-3-5-10)11-6-8-12(9-7-11)14(16)17;1-9(8(12)13)4-2-3-6(5-9)7(10)11;1-3-2-5-4-1/h1-9H;2-4H,5H2,1H3,(H,10,11)(H,12,13);1-2H,(H,3,4,5). The van der Waals surface area contributed by atoms with Crippen molar-refractivity contribution in [3.63, 3.8) is 0 Å². The number of H-pyrrole nitrogens is 1. The van der Waals surface area contributed by atoms with Crippen LogP contribution < -0.4 is 0 Å². The van der Waals surface area contributed by atoms with E-state index in [0.717, 1.165) is 0 Å². The molecular formula is C24H22N4O7. The van der Waals surface area contributed by atoms with Crippen molar-refractivity contribution in [2.24, 2.45) is 5.41 Å². The number of benzene rings is 2. The van der Waals surface area contributed by atoms with Crippen LogP contribution in [0.4, 0.5) is 5.69 Å². The highest BCUT2D eigenvalue weighted by molar-refractivity contribution is 6.09. The zero-order valence-electron chi connectivity index (χ0n) is 18.6. The number of nitrogens with zero attached hydrogens (tertiary/aromatic N) is 3. The van der Waals surface area contributed by atoms with Crippen molar-refractivity contribution in [1.29, 1.82) is 0 Å². The number of aliphatic carboxylic acids is 2. The van der Waals surface area contributed by atoms with Crippen molar-refractivity contribution in [2.45, 2.75) is 13.3 Å². The van der Waals surface area contributed by atoms with Gasteiger partial charge in [-0.3, -0.25) is 24.8 Å². The summed E-state index contributed by atoms with van der Waals surface area (Å²) in [4.78, 5) is 46.8. The van der Waals surface area contributed by atoms with E-state index in [9.17, 15) is 24.5 Å². The van der Waals surface area contributed by atoms with Crippen LogP contribution in [0.2, 0.25) is 0 Å². The Balaban J connectivity index is 0.000000211. The number of carbonyl (C=O) groups is 3. The van der Waals surface area contributed by atoms with Crippen LogP contribution in [0.3, 0.4) is 0 Å². The number of carboxylic acid groups (broad SMARTS) is 2. The number of hydrogen-bond donors (Lipinski definition) is 3. The van der Waals surface area contributed by atoms with Gasteiger partial charge in [-0.25, -0.2) is 9.78 Å². The molecule has 0 fully saturated rings. The van der Waals surface area contributed by atoms with E-state index in [1.54, 1.807) is 24.3 Å². The third kappa shape index (κ3) is 7.86. The number of carbonyl (C=O) groups excluding carboxylic acids is 1. The molecule has 0 spiro atoms. The van der Waals surface area contributed by atoms with E-state index >= 15 is 0 Å². The number of aromatic amines is 1. The molecule has 11 nitrogen and oxygen atoms in total. The summed E-state index contributed by atoms with van der Waals surface area (Å²) in [6, 6.07) is 14.4. The smallest absolute Gasteiger partial charge is 0.331 e. The number of nitro benzene ring substituents is 1. The monoisotopic (exact) mass is 478 g/mol. The molecule has 0 amide bonds. The Morgan fingerprint density at radius 3 is 2.11 bits per heavy atom. The van der Waals surface area contributed by atoms with Crippen LogP contribution in [0.5, 0.6) is 0 Å². The van der Waals surface area contributed by atoms with Crippen LogP contribution in [0.1, 0.15) is 29.3 Å². The third-order valence-corrected chi connectivity index (χ3v) is 4.79. The normalized spacial score (nSPS) is 15.9. The molecule has 0 saturated heterocycles. The highest BCUT2D eigenvalue weighted by Crippen LogP contribution is 2.31. The van der Waals surface area contributed by atoms with Crippen LogP contribution >= 0.6 is 0 Å². The number of nitro groups is 1. The number of nitrogens with one attached hydrogen (secondary N) is 1. The minimum Gasteiger partial charge on any atom is -0.481 e. The number of carboxylic acids is 2. The second-order valence-corrected chi connectivity index (χ2v) is 7.41. The van der Waals surface area contributed by atoms with Gasteiger partial charge in [-0.15, -0.1) is 0 Å². The molecule has 35 heavy (non-hydrogen) atoms. The summed E-state index contributed by atoms with van der Waals surface area (Å²) < 4.78 is 0. The van der Waals surface area contributed by atoms with Crippen molar-refractivity contribution >= 4 is 23.4 Å². The Hall–Kier alpha value is -4.93. The van der Waals surface area contributed by atoms with Gasteiger partial charge in [0.1, 0.15) is 12.7 Å². The predicted octanol–water partition coefficient (Wildman–Crippen LogP) is 3.68. The maximum Gasteiger partial charge on any atom is 0.331 e. The molecule has 1 heterocycles. The zero-order valence-corrected chi connectivity index (χ0v) is 18.6. The number of ketones is 1. The van der Waals surface area contributed by atoms with Crippen molar-refractivity contribution in [2.75, 3.05) is 0 Å². The Labute approximate surface area is 199 Å². The van der Waals surface area contributed by atoms with Crippen molar-refractivity contribution in [3.05, 3.63) is 112 Å². The third-order valence-electron chi connectivity index (χ3n) is 4.79. The highest BCUT2D eigenvalue weighted by Gasteiger charge is 2.34. The minimum atomic E-state index is -1.08. The number of allylic oxidation sites excluding steroid dienone is 2. The molecule has 0 radical (unpaired) electrons. The predicted molar refractivity (Wildman–Crippen MR) is 125 cm³/mol. The molecule has 1 aliphatic carbocycles. The molecule has 3 aromatic rings. The van der Waals surface area contributed by atoms with Gasteiger partial charge in [-0.1, -0.05) is 48.6 Å². The fraction of sp³-hybridized carbons (Fsp3) is 0.125. The second kappa shape index (κ2) is 12.3. The Morgan fingerprint density at radius 1 is 1.03 bits per heavy atom. The quantitative estimate of drug-likeness (QED) is 0.280. The van der Waals surface area contributed by atoms with Gasteiger partial charge in [0, 0.05) is 28.8 Å². The lowest BCUT2D eigenvalue weighted by atomic mass is 9.80. The van der Waals surface area contributed by atoms with E-state index in [1.165, 1.54) is 62.1 Å². The molecule has 11 heteroatoms. The summed E-state index contributed by atoms with van der Waals surface area (Å²) in [5.41, 5.74) is 0.0489. The highest BCUT2D eigenvalue weighted by atomic mass is 16.6. The first kappa shape index (κ1) is 26.3. The Bertz CT molecular complexity index is 1200. The van der Waals surface area contributed by atoms with Gasteiger partial charge in [0.15, 0.2) is 5.78 Å². The largest absolute Gasteiger partial charge is 0.481 e. The summed E-state index contributed by atoms with van der Waals surface area (Å²) in [6.45, 7) is 1.50. The van der Waals surface area contributed by atoms with E-state index in [4.69, 9.17) is 10.2 Å². The summed E-state index contributed by atoms with van der Waals surface area (Å²) in [6.07, 6.45) is 7.39. The first-order valence-corrected chi connectivity index (χ1v) is 10.1. The molecule has 1 unspecified atom stereocenters. The van der Waals surface area contributed by atoms with Gasteiger partial charge in [-0.05, 0) is 25.5 Å². The first-order valence-electron chi connectivity index (χ1n) is 10.1. The Morgan fingerprint density at radius 2 is 1.66 bits per heavy atom. The maximum atomic E-state index is 12.0. The maximum absolute atomic E-state index is 12.0. The van der Waals surface area contributed by atoms with Crippen molar-refractivity contribution in [1.82, 2.24) is 15.2 Å². The van der Waals surface area contributed by atoms with Crippen LogP contribution in [0, 0.1) is 15.5 Å². The van der Waals surface area contributed by atoms with E-state index in [0.29, 0.717) is 11.1 Å². The van der Waals surface area contributed by atoms with Gasteiger partial charge >= 0.3 is 11.9 Å². The summed E-state index contributed by atoms with van der Waals surface area (Å²) in [7, 11) is 0. The molecule has 2 aromatic carbocycles. The van der Waals surface area contributed by atoms with E-state index in [1.807, 2.05) is 6.07 Å². The molecule has 3 N–H and O–H groups in total. The lowest BCUT2D eigenvalue weighted by Gasteiger charge is -2.23. The summed E-state index contributed by atoms with van der Waals surface area (Å²) in [5, 5.41) is 33.9. The van der Waals surface area contributed by atoms with E-state index in [-0.39, 0.29) is 23.5 Å². The molecule has 180 valence electrons. The molecule has 0 aliphatic heterocycles. The molecular weight excluding hydrogens is 456 g/mol. The van der Waals surface area contributed by atoms with Gasteiger partial charge in [0.2, 0.25) is 0 Å². The molecule has 4 rings (SSSR count). The van der Waals surface area contributed by atoms with Gasteiger partial charge in [0.05, 0.1) is 10.3 Å². The second-order valence-electron chi connectivity index (χ2n) is 7.41. The lowest BCUT2D eigenvalue weighted by Crippen LogP contribution is -2.28. The lowest BCUT2D eigenvalue weighted by molar-refractivity contribution is -0.384. The topological polar surface area (TPSA) is 176 Å². The Kier molecular flexibility index (Phi) is 9.29. The molecule has 0 saturated carbocycles. The fourth-order valence-corrected chi connectivity index (χ4v) is 2.84. The minimum absolute atomic E-state index is 0.0189. The van der Waals surface area contributed by atoms with Gasteiger partial charge < -0.3 is 10.2 Å². The van der Waals surface area contributed by atoms with Crippen LogP contribution in [0.25, 0.3) is 0 Å². The van der Waals surface area contributed by atoms with Crippen LogP contribution in [0.15, 0.2) is 91.1 Å². The molecule has 1 aliphatic rings. The number of non-ortho nitro benzene ring substituents is 1. The number of hydrogen-bond acceptors (Lipinski definition) is 7. The average molecular weight is 478 g/mol. The number of rotatable bonds is 5. The van der Waals surface area contributed by atoms with E-state index in [2.05, 4.69) is 15.2 Å². The van der Waals surface area contributed by atoms with E-state index < -0.39 is 22.3 Å². The zero-order chi connectivity index (χ0) is 25.8. The van der Waals surface area contributed by atoms with Crippen molar-refractivity contribution < 1.29 is 29.5 Å². The molecule has 1 atom stereocenters. The van der Waals surface area contributed by atoms with Crippen LogP contribution in [-0.4, -0.2) is 48.0 Å². The van der Waals surface area contributed by atoms with Crippen LogP contribution in [-0.2, 0) is 9.59 Å². The summed E-state index contributed by atoms with van der Waals surface area (Å²) in [5.74, 6) is -2.20. The van der Waals surface area contributed by atoms with Gasteiger partial charge in [-0.2, -0.15) is 5.10 Å². The first-order chi connectivity index (χ1) is 16.6. The fourth-order valence-electron chi connectivity index (χ4n) is 2.84. The molecule has 0 bridgehead atoms. The number of aromatic nitrogens is 3. The SMILES string of the molecule is CC1(C(=O)O)C=CC=C(C(=O)O)C1.O=C(c1ccccc1)c1ccc([N+](=O)[O-])cc1.c1nc[nH]n1.